The van der Waals surface area contributed by atoms with Crippen LogP contribution in [0.5, 0.6) is 0 Å². The van der Waals surface area contributed by atoms with Crippen LogP contribution < -0.4 is 5.32 Å². The highest BCUT2D eigenvalue weighted by Gasteiger charge is 2.19. The summed E-state index contributed by atoms with van der Waals surface area (Å²) >= 11 is 0. The summed E-state index contributed by atoms with van der Waals surface area (Å²) in [6, 6.07) is 6.95. The molecule has 0 aliphatic carbocycles. The van der Waals surface area contributed by atoms with E-state index in [1.165, 1.54) is 12.1 Å². The van der Waals surface area contributed by atoms with Crippen LogP contribution in [0.15, 0.2) is 24.3 Å². The number of likely N-dealkylation sites (tertiary alicyclic amines) is 1. The fraction of sp³-hybridized carbons (Fsp3) is 0.588. The summed E-state index contributed by atoms with van der Waals surface area (Å²) in [5, 5.41) is 3.57. The van der Waals surface area contributed by atoms with E-state index in [1.807, 2.05) is 0 Å². The zero-order valence-electron chi connectivity index (χ0n) is 12.9. The molecule has 0 saturated carbocycles. The summed E-state index contributed by atoms with van der Waals surface area (Å²) < 4.78 is 12.8. The molecular weight excluding hydrogens is 267 g/mol. The first-order chi connectivity index (χ1) is 10.0. The Labute approximate surface area is 126 Å². The lowest BCUT2D eigenvalue weighted by Crippen LogP contribution is -2.45. The van der Waals surface area contributed by atoms with Crippen molar-refractivity contribution in [1.82, 2.24) is 10.2 Å². The van der Waals surface area contributed by atoms with Gasteiger partial charge in [-0.05, 0) is 50.2 Å². The number of nitrogens with one attached hydrogen (secondary N) is 1. The molecule has 1 aromatic carbocycles. The predicted octanol–water partition coefficient (Wildman–Crippen LogP) is 2.86. The zero-order chi connectivity index (χ0) is 15.2. The highest BCUT2D eigenvalue weighted by atomic mass is 19.1. The number of halogens is 1. The zero-order valence-corrected chi connectivity index (χ0v) is 12.9. The molecule has 1 aromatic rings. The molecule has 1 N–H and O–H groups in total. The molecule has 3 nitrogen and oxygen atoms in total. The lowest BCUT2D eigenvalue weighted by Gasteiger charge is -2.33. The Bertz CT molecular complexity index is 450. The third kappa shape index (κ3) is 5.21. The summed E-state index contributed by atoms with van der Waals surface area (Å²) in [6.45, 7) is 7.23. The van der Waals surface area contributed by atoms with Gasteiger partial charge in [0.15, 0.2) is 5.78 Å². The van der Waals surface area contributed by atoms with E-state index in [9.17, 15) is 9.18 Å². The normalized spacial score (nSPS) is 17.3. The van der Waals surface area contributed by atoms with E-state index in [1.54, 1.807) is 12.1 Å². The summed E-state index contributed by atoms with van der Waals surface area (Å²) in [7, 11) is 0. The first-order valence-electron chi connectivity index (χ1n) is 7.82. The van der Waals surface area contributed by atoms with Gasteiger partial charge >= 0.3 is 0 Å². The second-order valence-corrected chi connectivity index (χ2v) is 6.12. The smallest absolute Gasteiger partial charge is 0.164 e. The Balaban J connectivity index is 1.72. The van der Waals surface area contributed by atoms with Crippen molar-refractivity contribution in [2.45, 2.75) is 45.2 Å². The molecule has 0 atom stereocenters. The van der Waals surface area contributed by atoms with E-state index >= 15 is 0 Å². The molecule has 1 aliphatic heterocycles. The molecule has 0 unspecified atom stereocenters. The average Bonchev–Trinajstić information content (AvgIpc) is 2.46. The number of hydrogen-bond acceptors (Lipinski definition) is 3. The average molecular weight is 292 g/mol. The molecule has 0 radical (unpaired) electrons. The number of hydrogen-bond donors (Lipinski definition) is 1. The Morgan fingerprint density at radius 2 is 1.90 bits per heavy atom. The standard InChI is InChI=1S/C17H25FN2O/c1-13(2)19-16-7-10-20(11-8-16)12-9-17(21)14-3-5-15(18)6-4-14/h3-6,13,16,19H,7-12H2,1-2H3. The van der Waals surface area contributed by atoms with E-state index in [0.717, 1.165) is 32.5 Å². The SMILES string of the molecule is CC(C)NC1CCN(CCC(=O)c2ccc(F)cc2)CC1. The van der Waals surface area contributed by atoms with Crippen LogP contribution in [0.4, 0.5) is 4.39 Å². The Hall–Kier alpha value is -1.26. The van der Waals surface area contributed by atoms with Crippen molar-refractivity contribution in [1.29, 1.82) is 0 Å². The van der Waals surface area contributed by atoms with Gasteiger partial charge in [0.25, 0.3) is 0 Å². The molecule has 0 spiro atoms. The van der Waals surface area contributed by atoms with Crippen molar-refractivity contribution in [3.63, 3.8) is 0 Å². The topological polar surface area (TPSA) is 32.3 Å². The van der Waals surface area contributed by atoms with Crippen molar-refractivity contribution in [2.24, 2.45) is 0 Å². The molecule has 1 heterocycles. The second kappa shape index (κ2) is 7.66. The highest BCUT2D eigenvalue weighted by molar-refractivity contribution is 5.96. The first kappa shape index (κ1) is 16.1. The third-order valence-electron chi connectivity index (χ3n) is 3.98. The van der Waals surface area contributed by atoms with Gasteiger partial charge in [0, 0.05) is 30.6 Å². The number of rotatable bonds is 6. The molecule has 2 rings (SSSR count). The summed E-state index contributed by atoms with van der Waals surface area (Å²) in [4.78, 5) is 14.4. The summed E-state index contributed by atoms with van der Waals surface area (Å²) in [6.07, 6.45) is 2.79. The van der Waals surface area contributed by atoms with Gasteiger partial charge in [-0.15, -0.1) is 0 Å². The summed E-state index contributed by atoms with van der Waals surface area (Å²) in [5.74, 6) is -0.205. The van der Waals surface area contributed by atoms with E-state index in [2.05, 4.69) is 24.1 Å². The molecule has 1 fully saturated rings. The van der Waals surface area contributed by atoms with Crippen molar-refractivity contribution in [3.05, 3.63) is 35.6 Å². The first-order valence-corrected chi connectivity index (χ1v) is 7.82. The summed E-state index contributed by atoms with van der Waals surface area (Å²) in [5.41, 5.74) is 0.604. The van der Waals surface area contributed by atoms with Gasteiger partial charge in [-0.25, -0.2) is 4.39 Å². The van der Waals surface area contributed by atoms with Crippen LogP contribution in [0.1, 0.15) is 43.5 Å². The number of benzene rings is 1. The van der Waals surface area contributed by atoms with Crippen molar-refractivity contribution in [3.8, 4) is 0 Å². The maximum Gasteiger partial charge on any atom is 0.164 e. The highest BCUT2D eigenvalue weighted by Crippen LogP contribution is 2.13. The van der Waals surface area contributed by atoms with E-state index in [4.69, 9.17) is 0 Å². The number of nitrogens with zero attached hydrogens (tertiary/aromatic N) is 1. The Morgan fingerprint density at radius 1 is 1.29 bits per heavy atom. The lowest BCUT2D eigenvalue weighted by molar-refractivity contribution is 0.0954. The maximum atomic E-state index is 12.8. The van der Waals surface area contributed by atoms with Crippen LogP contribution in [0.2, 0.25) is 0 Å². The second-order valence-electron chi connectivity index (χ2n) is 6.12. The minimum absolute atomic E-state index is 0.0948. The molecule has 1 saturated heterocycles. The maximum absolute atomic E-state index is 12.8. The largest absolute Gasteiger partial charge is 0.312 e. The number of carbonyl (C=O) groups excluding carboxylic acids is 1. The van der Waals surface area contributed by atoms with Crippen LogP contribution in [-0.2, 0) is 0 Å². The van der Waals surface area contributed by atoms with Crippen molar-refractivity contribution < 1.29 is 9.18 Å². The lowest BCUT2D eigenvalue weighted by atomic mass is 10.0. The van der Waals surface area contributed by atoms with Gasteiger partial charge in [-0.1, -0.05) is 13.8 Å². The molecular formula is C17H25FN2O. The van der Waals surface area contributed by atoms with Crippen LogP contribution >= 0.6 is 0 Å². The molecule has 4 heteroatoms. The third-order valence-corrected chi connectivity index (χ3v) is 3.98. The van der Waals surface area contributed by atoms with Crippen LogP contribution in [0.3, 0.4) is 0 Å². The minimum Gasteiger partial charge on any atom is -0.312 e. The Kier molecular flexibility index (Phi) is 5.88. The monoisotopic (exact) mass is 292 g/mol. The quantitative estimate of drug-likeness (QED) is 0.818. The Morgan fingerprint density at radius 3 is 2.48 bits per heavy atom. The van der Waals surface area contributed by atoms with Crippen molar-refractivity contribution in [2.75, 3.05) is 19.6 Å². The van der Waals surface area contributed by atoms with E-state index in [0.29, 0.717) is 24.1 Å². The van der Waals surface area contributed by atoms with Gasteiger partial charge in [0.1, 0.15) is 5.82 Å². The number of carbonyl (C=O) groups is 1. The van der Waals surface area contributed by atoms with Crippen LogP contribution in [-0.4, -0.2) is 42.4 Å². The van der Waals surface area contributed by atoms with Gasteiger partial charge in [0.2, 0.25) is 0 Å². The fourth-order valence-electron chi connectivity index (χ4n) is 2.83. The minimum atomic E-state index is -0.300. The molecule has 1 aliphatic rings. The molecule has 21 heavy (non-hydrogen) atoms. The van der Waals surface area contributed by atoms with Gasteiger partial charge in [-0.2, -0.15) is 0 Å². The van der Waals surface area contributed by atoms with E-state index < -0.39 is 0 Å². The molecule has 0 bridgehead atoms. The predicted molar refractivity (Wildman–Crippen MR) is 83.1 cm³/mol. The number of ketones is 1. The number of piperidine rings is 1. The van der Waals surface area contributed by atoms with Crippen LogP contribution in [0, 0.1) is 5.82 Å². The van der Waals surface area contributed by atoms with Crippen LogP contribution in [0.25, 0.3) is 0 Å². The van der Waals surface area contributed by atoms with Gasteiger partial charge in [-0.3, -0.25) is 4.79 Å². The van der Waals surface area contributed by atoms with E-state index in [-0.39, 0.29) is 11.6 Å². The molecule has 0 amide bonds. The van der Waals surface area contributed by atoms with Crippen molar-refractivity contribution >= 4 is 5.78 Å². The molecule has 0 aromatic heterocycles. The fourth-order valence-corrected chi connectivity index (χ4v) is 2.83. The van der Waals surface area contributed by atoms with Gasteiger partial charge in [0.05, 0.1) is 0 Å². The number of Topliss-reactive ketones (excluding diaryl/α,β-unsaturated/α-hetero) is 1. The van der Waals surface area contributed by atoms with Gasteiger partial charge < -0.3 is 10.2 Å². The molecule has 116 valence electrons.